The summed E-state index contributed by atoms with van der Waals surface area (Å²) in [4.78, 5) is 156. The van der Waals surface area contributed by atoms with Crippen LogP contribution >= 0.6 is 11.8 Å². The van der Waals surface area contributed by atoms with Gasteiger partial charge in [-0.25, -0.2) is 0 Å². The Morgan fingerprint density at radius 3 is 2.21 bits per heavy atom. The fourth-order valence-corrected chi connectivity index (χ4v) is 10.7. The molecule has 4 heterocycles. The molecular weight excluding hydrogens is 1120 g/mol. The van der Waals surface area contributed by atoms with Crippen LogP contribution in [0.25, 0.3) is 10.9 Å². The van der Waals surface area contributed by atoms with Crippen molar-refractivity contribution in [2.75, 3.05) is 43.9 Å². The lowest BCUT2D eigenvalue weighted by atomic mass is 9.96. The van der Waals surface area contributed by atoms with Gasteiger partial charge < -0.3 is 88.6 Å². The maximum absolute atomic E-state index is 14.7. The zero-order chi connectivity index (χ0) is 61.6. The van der Waals surface area contributed by atoms with Gasteiger partial charge in [0.15, 0.2) is 0 Å². The first-order chi connectivity index (χ1) is 39.8. The van der Waals surface area contributed by atoms with E-state index in [0.717, 1.165) is 22.2 Å². The minimum absolute atomic E-state index is 0.0165. The van der Waals surface area contributed by atoms with Crippen molar-refractivity contribution in [3.05, 3.63) is 59.7 Å². The fraction of sp³-hybridized carbons (Fsp3) is 0.545. The van der Waals surface area contributed by atoms with Crippen molar-refractivity contribution in [1.29, 1.82) is 0 Å². The Kier molecular flexibility index (Phi) is 23.1. The van der Waals surface area contributed by atoms with E-state index in [1.807, 2.05) is 0 Å². The lowest BCUT2D eigenvalue weighted by Gasteiger charge is -2.31. The second-order valence-corrected chi connectivity index (χ2v) is 22.7. The molecule has 1 unspecified atom stereocenters. The number of benzene rings is 2. The van der Waals surface area contributed by atoms with Gasteiger partial charge in [0, 0.05) is 80.5 Å². The summed E-state index contributed by atoms with van der Waals surface area (Å²) < 4.78 is 0. The number of fused-ring (bicyclic) bond motifs is 5. The first-order valence-electron chi connectivity index (χ1n) is 27.7. The van der Waals surface area contributed by atoms with Crippen molar-refractivity contribution in [2.24, 2.45) is 5.92 Å². The summed E-state index contributed by atoms with van der Waals surface area (Å²) in [5, 5.41) is 78.7. The minimum atomic E-state index is -1.96. The molecule has 29 heteroatoms. The first-order valence-corrected chi connectivity index (χ1v) is 28.6. The summed E-state index contributed by atoms with van der Waals surface area (Å²) in [5.41, 5.74) is -0.246. The van der Waals surface area contributed by atoms with Crippen molar-refractivity contribution in [2.45, 2.75) is 151 Å². The molecule has 0 radical (unpaired) electrons. The molecule has 2 aromatic carbocycles. The van der Waals surface area contributed by atoms with Gasteiger partial charge in [-0.15, -0.1) is 11.8 Å². The number of rotatable bonds is 17. The number of nitrogens with one attached hydrogen (secondary N) is 11. The van der Waals surface area contributed by atoms with Crippen LogP contribution in [0.1, 0.15) is 77.8 Å². The maximum atomic E-state index is 14.7. The molecule has 0 spiro atoms. The van der Waals surface area contributed by atoms with E-state index in [1.165, 1.54) is 34.6 Å². The van der Waals surface area contributed by atoms with E-state index < -0.39 is 170 Å². The van der Waals surface area contributed by atoms with Gasteiger partial charge in [-0.05, 0) is 63.4 Å². The molecule has 3 aliphatic rings. The van der Waals surface area contributed by atoms with E-state index in [-0.39, 0.29) is 61.7 Å². The number of carbonyl (C=O) groups excluding carboxylic acids is 11. The summed E-state index contributed by atoms with van der Waals surface area (Å²) in [6.07, 6.45) is -4.06. The highest BCUT2D eigenvalue weighted by Crippen LogP contribution is 2.34. The third-order valence-corrected chi connectivity index (χ3v) is 15.6. The summed E-state index contributed by atoms with van der Waals surface area (Å²) in [5.74, 6) is -9.98. The molecule has 1 fully saturated rings. The van der Waals surface area contributed by atoms with Crippen LogP contribution in [-0.4, -0.2) is 205 Å². The predicted molar refractivity (Wildman–Crippen MR) is 303 cm³/mol. The van der Waals surface area contributed by atoms with E-state index in [1.54, 1.807) is 48.5 Å². The molecule has 3 aliphatic heterocycles. The molecule has 84 heavy (non-hydrogen) atoms. The number of aromatic nitrogens is 1. The first kappa shape index (κ1) is 65.5. The quantitative estimate of drug-likeness (QED) is 0.0572. The minimum Gasteiger partial charge on any atom is -0.396 e. The summed E-state index contributed by atoms with van der Waals surface area (Å²) in [6.45, 7) is 4.58. The normalized spacial score (nSPS) is 24.8. The largest absolute Gasteiger partial charge is 0.396 e. The van der Waals surface area contributed by atoms with Crippen molar-refractivity contribution >= 4 is 93.3 Å². The molecule has 458 valence electrons. The zero-order valence-electron chi connectivity index (χ0n) is 47.2. The Morgan fingerprint density at radius 1 is 0.810 bits per heavy atom. The second-order valence-electron chi connectivity index (χ2n) is 21.7. The van der Waals surface area contributed by atoms with Crippen LogP contribution in [0.4, 0.5) is 5.69 Å². The molecular formula is C55H76N12O16S. The van der Waals surface area contributed by atoms with Crippen molar-refractivity contribution in [3.63, 3.8) is 0 Å². The van der Waals surface area contributed by atoms with Crippen LogP contribution in [0.5, 0.6) is 0 Å². The molecule has 1 aromatic heterocycles. The second kappa shape index (κ2) is 29.7. The van der Waals surface area contributed by atoms with Crippen LogP contribution in [0, 0.1) is 5.92 Å². The number of hydrogen-bond acceptors (Lipinski definition) is 17. The Balaban J connectivity index is 1.30. The Morgan fingerprint density at radius 2 is 1.52 bits per heavy atom. The Bertz CT molecular complexity index is 2930. The number of hydrogen-bond donors (Lipinski definition) is 16. The molecule has 28 nitrogen and oxygen atoms in total. The lowest BCUT2D eigenvalue weighted by Crippen LogP contribution is -2.61. The van der Waals surface area contributed by atoms with E-state index in [0.29, 0.717) is 16.5 Å². The van der Waals surface area contributed by atoms with Gasteiger partial charge in [-0.1, -0.05) is 37.3 Å². The highest BCUT2D eigenvalue weighted by Gasteiger charge is 2.44. The summed E-state index contributed by atoms with van der Waals surface area (Å²) in [6, 6.07) is 2.36. The number of aromatic amines is 1. The number of anilines is 1. The third kappa shape index (κ3) is 17.9. The van der Waals surface area contributed by atoms with Crippen molar-refractivity contribution in [3.8, 4) is 0 Å². The fourth-order valence-electron chi connectivity index (χ4n) is 9.62. The highest BCUT2D eigenvalue weighted by atomic mass is 32.2. The van der Waals surface area contributed by atoms with Gasteiger partial charge in [0.2, 0.25) is 65.0 Å². The third-order valence-electron chi connectivity index (χ3n) is 14.4. The molecule has 3 aromatic rings. The topological polar surface area (TPSA) is 428 Å². The molecule has 6 rings (SSSR count). The smallest absolute Gasteiger partial charge is 0.246 e. The van der Waals surface area contributed by atoms with Gasteiger partial charge >= 0.3 is 0 Å². The standard InChI is InChI=1S/C55H76N12O16S/c1-27-23-57-48(77)39(22-55(5,83)26-69)63-50(79)38-21-35-34-19-32(60-42(72)12-9-16-56-46(75)28(2)58-49(78)37(61-43(73)15-17-68)18-31-10-7-6-8-11-31)13-14-36(34)65-53(35)84-25-40(64-52(81)44(30(4)70)66-45(27)74)54(82)67-24-33(71)20-41(67)51(80)59-29(3)47(76)62-38/h6-8,10-11,13-14,19,27-30,33,37-41,44,65,68-71,83H,9,12,15-18,20-26H2,1-5H3,(H,56,75)(H,57,77)(H,58,78)(H,59,80)(H,60,72)(H,61,73)(H,62,76)(H,63,79)(H,64,81)(H,66,74)/t27-,28-,29+,30?,33-,37-,38+,39+,40-,41+,44-,55-/m1/s1. The number of H-pyrrole nitrogens is 1. The maximum Gasteiger partial charge on any atom is 0.246 e. The number of aliphatic hydroxyl groups is 5. The van der Waals surface area contributed by atoms with E-state index >= 15 is 0 Å². The monoisotopic (exact) mass is 1190 g/mol. The summed E-state index contributed by atoms with van der Waals surface area (Å²) in [7, 11) is 0. The molecule has 0 saturated carbocycles. The number of aliphatic hydroxyl groups excluding tert-OH is 4. The van der Waals surface area contributed by atoms with Crippen molar-refractivity contribution in [1.82, 2.24) is 57.7 Å². The van der Waals surface area contributed by atoms with Crippen LogP contribution in [0.3, 0.4) is 0 Å². The average Bonchev–Trinajstić information content (AvgIpc) is 3.57. The van der Waals surface area contributed by atoms with E-state index in [9.17, 15) is 78.3 Å². The van der Waals surface area contributed by atoms with Crippen LogP contribution < -0.4 is 53.2 Å². The number of nitrogens with zero attached hydrogens (tertiary/aromatic N) is 1. The van der Waals surface area contributed by atoms with E-state index in [2.05, 4.69) is 58.2 Å². The van der Waals surface area contributed by atoms with E-state index in [4.69, 9.17) is 0 Å². The molecule has 0 aliphatic carbocycles. The van der Waals surface area contributed by atoms with Gasteiger partial charge in [-0.3, -0.25) is 52.7 Å². The van der Waals surface area contributed by atoms with Gasteiger partial charge in [0.05, 0.1) is 42.0 Å². The van der Waals surface area contributed by atoms with Crippen LogP contribution in [0.15, 0.2) is 53.6 Å². The molecule has 2 bridgehead atoms. The number of thioether (sulfide) groups is 1. The number of amides is 11. The Hall–Kier alpha value is -7.70. The highest BCUT2D eigenvalue weighted by molar-refractivity contribution is 7.99. The Labute approximate surface area is 487 Å². The summed E-state index contributed by atoms with van der Waals surface area (Å²) >= 11 is 0.964. The lowest BCUT2D eigenvalue weighted by molar-refractivity contribution is -0.142. The van der Waals surface area contributed by atoms with Gasteiger partial charge in [0.1, 0.15) is 48.3 Å². The molecule has 16 N–H and O–H groups in total. The van der Waals surface area contributed by atoms with Crippen molar-refractivity contribution < 1.29 is 78.3 Å². The predicted octanol–water partition coefficient (Wildman–Crippen LogP) is -4.05. The average molecular weight is 1190 g/mol. The zero-order valence-corrected chi connectivity index (χ0v) is 48.1. The van der Waals surface area contributed by atoms with Crippen LogP contribution in [-0.2, 0) is 65.6 Å². The SMILES string of the molecule is CC(O)[C@H]1NC(=O)[C@H](C)CNC(=O)[C@H](C[C@@](C)(O)CO)NC(=O)[C@@H]2Cc3c([nH]c4ccc(NC(=O)CCCNC(=O)[C@@H](C)NC(=O)[C@@H](Cc5ccccc5)NC(=O)CCO)cc34)SC[C@@H](NC1=O)C(=O)N1C[C@H](O)C[C@H]1C(=O)N[C@@H](C)C(=O)N2. The molecule has 11 amide bonds. The van der Waals surface area contributed by atoms with Crippen LogP contribution in [0.2, 0.25) is 0 Å². The number of carbonyl (C=O) groups is 11. The molecule has 12 atom stereocenters. The van der Waals surface area contributed by atoms with Gasteiger partial charge in [0.25, 0.3) is 0 Å². The molecule has 1 saturated heterocycles. The van der Waals surface area contributed by atoms with Gasteiger partial charge in [-0.2, -0.15) is 0 Å².